The van der Waals surface area contributed by atoms with Gasteiger partial charge in [0.05, 0.1) is 10.2 Å². The number of rotatable bonds is 4. The second-order valence-corrected chi connectivity index (χ2v) is 4.30. The third kappa shape index (κ3) is 2.18. The van der Waals surface area contributed by atoms with E-state index >= 15 is 0 Å². The molecule has 0 bridgehead atoms. The summed E-state index contributed by atoms with van der Waals surface area (Å²) in [4.78, 5) is 11.5. The van der Waals surface area contributed by atoms with Crippen molar-refractivity contribution in [1.29, 1.82) is 0 Å². The van der Waals surface area contributed by atoms with Gasteiger partial charge in [0.15, 0.2) is 5.82 Å². The monoisotopic (exact) mass is 223 g/mol. The van der Waals surface area contributed by atoms with Crippen molar-refractivity contribution in [1.82, 2.24) is 10.2 Å². The fraction of sp³-hybridized carbons (Fsp3) is 0.400. The van der Waals surface area contributed by atoms with Crippen LogP contribution in [-0.4, -0.2) is 16.1 Å². The van der Waals surface area contributed by atoms with E-state index in [1.165, 1.54) is 0 Å². The molecular weight excluding hydrogens is 210 g/mol. The van der Waals surface area contributed by atoms with Gasteiger partial charge >= 0.3 is 0 Å². The lowest BCUT2D eigenvalue weighted by atomic mass is 10.2. The summed E-state index contributed by atoms with van der Waals surface area (Å²) in [7, 11) is 0. The van der Waals surface area contributed by atoms with E-state index in [4.69, 9.17) is 0 Å². The largest absolute Gasteiger partial charge is 0.308 e. The van der Waals surface area contributed by atoms with Crippen LogP contribution in [0.4, 0.5) is 5.82 Å². The molecule has 0 unspecified atom stereocenters. The molecule has 0 aliphatic rings. The van der Waals surface area contributed by atoms with Gasteiger partial charge in [0.25, 0.3) is 0 Å². The average Bonchev–Trinajstić information content (AvgIpc) is 2.80. The predicted molar refractivity (Wildman–Crippen MR) is 62.1 cm³/mol. The van der Waals surface area contributed by atoms with Gasteiger partial charge in [-0.1, -0.05) is 13.3 Å². The van der Waals surface area contributed by atoms with Crippen LogP contribution in [0.15, 0.2) is 11.4 Å². The summed E-state index contributed by atoms with van der Waals surface area (Å²) < 4.78 is 1.01. The number of carbonyl (C=O) groups is 1. The van der Waals surface area contributed by atoms with Crippen LogP contribution in [0.5, 0.6) is 0 Å². The van der Waals surface area contributed by atoms with E-state index in [9.17, 15) is 4.79 Å². The maximum absolute atomic E-state index is 11.5. The first kappa shape index (κ1) is 10.2. The number of amides is 1. The first-order valence-electron chi connectivity index (χ1n) is 5.02. The van der Waals surface area contributed by atoms with Crippen LogP contribution in [-0.2, 0) is 4.79 Å². The fourth-order valence-electron chi connectivity index (χ4n) is 1.36. The molecular formula is C10H13N3OS. The fourth-order valence-corrected chi connectivity index (χ4v) is 2.15. The van der Waals surface area contributed by atoms with Gasteiger partial charge in [0.2, 0.25) is 5.91 Å². The van der Waals surface area contributed by atoms with Crippen LogP contribution in [0, 0.1) is 0 Å². The van der Waals surface area contributed by atoms with E-state index in [0.29, 0.717) is 12.2 Å². The highest BCUT2D eigenvalue weighted by atomic mass is 32.1. The Hall–Kier alpha value is -1.36. The Labute approximate surface area is 91.7 Å². The smallest absolute Gasteiger partial charge is 0.225 e. The summed E-state index contributed by atoms with van der Waals surface area (Å²) >= 11 is 1.58. The molecule has 0 saturated carbocycles. The summed E-state index contributed by atoms with van der Waals surface area (Å²) in [5, 5.41) is 11.7. The third-order valence-electron chi connectivity index (χ3n) is 2.18. The van der Waals surface area contributed by atoms with Gasteiger partial charge in [0, 0.05) is 6.42 Å². The molecule has 0 aliphatic heterocycles. The number of H-pyrrole nitrogens is 1. The van der Waals surface area contributed by atoms with Crippen molar-refractivity contribution in [3.05, 3.63) is 11.4 Å². The first-order valence-corrected chi connectivity index (χ1v) is 5.90. The molecule has 2 heterocycles. The highest BCUT2D eigenvalue weighted by molar-refractivity contribution is 7.17. The second-order valence-electron chi connectivity index (χ2n) is 3.39. The Bertz CT molecular complexity index is 460. The molecule has 2 N–H and O–H groups in total. The predicted octanol–water partition coefficient (Wildman–Crippen LogP) is 2.75. The van der Waals surface area contributed by atoms with Crippen molar-refractivity contribution >= 4 is 33.3 Å². The molecule has 4 nitrogen and oxygen atoms in total. The van der Waals surface area contributed by atoms with Crippen LogP contribution in [0.3, 0.4) is 0 Å². The molecule has 0 aliphatic carbocycles. The van der Waals surface area contributed by atoms with Crippen molar-refractivity contribution in [3.8, 4) is 0 Å². The minimum atomic E-state index is 0.0404. The highest BCUT2D eigenvalue weighted by Crippen LogP contribution is 2.25. The number of fused-ring (bicyclic) bond motifs is 1. The van der Waals surface area contributed by atoms with Gasteiger partial charge in [-0.15, -0.1) is 11.3 Å². The zero-order chi connectivity index (χ0) is 10.7. The van der Waals surface area contributed by atoms with Crippen LogP contribution in [0.1, 0.15) is 26.2 Å². The molecule has 2 rings (SSSR count). The van der Waals surface area contributed by atoms with E-state index in [2.05, 4.69) is 22.4 Å². The Balaban J connectivity index is 2.06. The van der Waals surface area contributed by atoms with Crippen LogP contribution >= 0.6 is 11.3 Å². The van der Waals surface area contributed by atoms with E-state index in [-0.39, 0.29) is 5.91 Å². The molecule has 2 aromatic heterocycles. The molecule has 0 aromatic carbocycles. The van der Waals surface area contributed by atoms with Crippen molar-refractivity contribution in [2.45, 2.75) is 26.2 Å². The quantitative estimate of drug-likeness (QED) is 0.837. The lowest BCUT2D eigenvalue weighted by molar-refractivity contribution is -0.116. The summed E-state index contributed by atoms with van der Waals surface area (Å²) in [6.45, 7) is 2.07. The molecule has 0 saturated heterocycles. The maximum Gasteiger partial charge on any atom is 0.225 e. The number of anilines is 1. The Morgan fingerprint density at radius 3 is 3.33 bits per heavy atom. The van der Waals surface area contributed by atoms with Gasteiger partial charge < -0.3 is 5.32 Å². The van der Waals surface area contributed by atoms with Crippen molar-refractivity contribution in [3.63, 3.8) is 0 Å². The molecule has 0 atom stereocenters. The topological polar surface area (TPSA) is 57.8 Å². The number of nitrogens with one attached hydrogen (secondary N) is 2. The third-order valence-corrected chi connectivity index (χ3v) is 3.10. The van der Waals surface area contributed by atoms with E-state index in [1.807, 2.05) is 11.4 Å². The normalized spacial score (nSPS) is 10.7. The number of unbranched alkanes of at least 4 members (excludes halogenated alkanes) is 1. The minimum absolute atomic E-state index is 0.0404. The standard InChI is InChI=1S/C10H13N3OS/c1-2-3-4-8(14)11-10-9-7(12-13-10)5-6-15-9/h5-6H,2-4H2,1H3,(H2,11,12,13,14). The van der Waals surface area contributed by atoms with Crippen LogP contribution < -0.4 is 5.32 Å². The molecule has 0 fully saturated rings. The summed E-state index contributed by atoms with van der Waals surface area (Å²) in [5.74, 6) is 0.694. The highest BCUT2D eigenvalue weighted by Gasteiger charge is 2.09. The molecule has 2 aromatic rings. The molecule has 1 amide bonds. The van der Waals surface area contributed by atoms with Crippen molar-refractivity contribution < 1.29 is 4.79 Å². The maximum atomic E-state index is 11.5. The summed E-state index contributed by atoms with van der Waals surface area (Å²) in [5.41, 5.74) is 0.978. The van der Waals surface area contributed by atoms with E-state index in [0.717, 1.165) is 23.1 Å². The first-order chi connectivity index (χ1) is 7.31. The molecule has 80 valence electrons. The van der Waals surface area contributed by atoms with Crippen molar-refractivity contribution in [2.75, 3.05) is 5.32 Å². The number of carbonyl (C=O) groups excluding carboxylic acids is 1. The number of nitrogens with zero attached hydrogens (tertiary/aromatic N) is 1. The Morgan fingerprint density at radius 1 is 1.67 bits per heavy atom. The van der Waals surface area contributed by atoms with Gasteiger partial charge in [-0.25, -0.2) is 0 Å². The van der Waals surface area contributed by atoms with Gasteiger partial charge in [-0.05, 0) is 17.9 Å². The van der Waals surface area contributed by atoms with Gasteiger partial charge in [-0.2, -0.15) is 5.10 Å². The molecule has 0 spiro atoms. The zero-order valence-electron chi connectivity index (χ0n) is 8.54. The lowest BCUT2D eigenvalue weighted by Gasteiger charge is -1.99. The Kier molecular flexibility index (Phi) is 3.01. The Morgan fingerprint density at radius 2 is 2.53 bits per heavy atom. The van der Waals surface area contributed by atoms with Crippen LogP contribution in [0.25, 0.3) is 10.2 Å². The SMILES string of the molecule is CCCCC(=O)Nc1n[nH]c2ccsc12. The van der Waals surface area contributed by atoms with Gasteiger partial charge in [0.1, 0.15) is 0 Å². The molecule has 15 heavy (non-hydrogen) atoms. The second kappa shape index (κ2) is 4.44. The van der Waals surface area contributed by atoms with Crippen LogP contribution in [0.2, 0.25) is 0 Å². The van der Waals surface area contributed by atoms with Crippen molar-refractivity contribution in [2.24, 2.45) is 0 Å². The number of aromatic amines is 1. The average molecular weight is 223 g/mol. The molecule has 0 radical (unpaired) electrons. The zero-order valence-corrected chi connectivity index (χ0v) is 9.36. The van der Waals surface area contributed by atoms with E-state index in [1.54, 1.807) is 11.3 Å². The van der Waals surface area contributed by atoms with Gasteiger partial charge in [-0.3, -0.25) is 9.89 Å². The molecule has 5 heteroatoms. The minimum Gasteiger partial charge on any atom is -0.308 e. The summed E-state index contributed by atoms with van der Waals surface area (Å²) in [6.07, 6.45) is 2.52. The number of aromatic nitrogens is 2. The number of hydrogen-bond donors (Lipinski definition) is 2. The van der Waals surface area contributed by atoms with E-state index < -0.39 is 0 Å². The summed E-state index contributed by atoms with van der Waals surface area (Å²) in [6, 6.07) is 1.95. The number of hydrogen-bond acceptors (Lipinski definition) is 3. The number of thiophene rings is 1. The lowest BCUT2D eigenvalue weighted by Crippen LogP contribution is -2.11.